The number of hydrogen-bond donors (Lipinski definition) is 2. The second kappa shape index (κ2) is 8.92. The minimum Gasteiger partial charge on any atom is -0.497 e. The van der Waals surface area contributed by atoms with Crippen molar-refractivity contribution in [3.05, 3.63) is 46.3 Å². The third-order valence-corrected chi connectivity index (χ3v) is 6.24. The molecule has 0 amide bonds. The molecule has 1 fully saturated rings. The number of esters is 1. The van der Waals surface area contributed by atoms with Crippen LogP contribution in [0.1, 0.15) is 63.5 Å². The van der Waals surface area contributed by atoms with Gasteiger partial charge >= 0.3 is 5.97 Å². The van der Waals surface area contributed by atoms with Gasteiger partial charge in [-0.1, -0.05) is 0 Å². The van der Waals surface area contributed by atoms with E-state index >= 15 is 0 Å². The summed E-state index contributed by atoms with van der Waals surface area (Å²) in [6.07, 6.45) is 1.99. The molecule has 2 N–H and O–H groups in total. The van der Waals surface area contributed by atoms with Gasteiger partial charge in [0.05, 0.1) is 44.7 Å². The molecule has 1 aliphatic heterocycles. The summed E-state index contributed by atoms with van der Waals surface area (Å²) in [6, 6.07) is 5.65. The number of methoxy groups -OCH3 is 3. The number of aromatic amines is 1. The molecular formula is C23H31N2O5+. The van der Waals surface area contributed by atoms with Crippen LogP contribution in [0.2, 0.25) is 0 Å². The van der Waals surface area contributed by atoms with Crippen molar-refractivity contribution in [2.24, 2.45) is 0 Å². The summed E-state index contributed by atoms with van der Waals surface area (Å²) in [7, 11) is 4.65. The van der Waals surface area contributed by atoms with Gasteiger partial charge in [0.25, 0.3) is 0 Å². The number of hydrogen-bond acceptors (Lipinski definition) is 5. The number of aromatic nitrogens is 1. The van der Waals surface area contributed by atoms with Crippen LogP contribution in [-0.4, -0.2) is 50.7 Å². The Balaban J connectivity index is 1.93. The first-order valence-corrected chi connectivity index (χ1v) is 10.2. The highest BCUT2D eigenvalue weighted by Crippen LogP contribution is 2.32. The molecule has 1 unspecified atom stereocenters. The highest BCUT2D eigenvalue weighted by Gasteiger charge is 2.40. The van der Waals surface area contributed by atoms with Gasteiger partial charge in [-0.3, -0.25) is 4.79 Å². The minimum atomic E-state index is -0.430. The third-order valence-electron chi connectivity index (χ3n) is 6.24. The number of rotatable bonds is 7. The van der Waals surface area contributed by atoms with Crippen molar-refractivity contribution in [2.45, 2.75) is 45.7 Å². The van der Waals surface area contributed by atoms with Crippen LogP contribution >= 0.6 is 0 Å². The lowest BCUT2D eigenvalue weighted by atomic mass is 9.99. The molecule has 0 radical (unpaired) electrons. The molecule has 1 aromatic carbocycles. The van der Waals surface area contributed by atoms with Gasteiger partial charge in [0.2, 0.25) is 5.78 Å². The van der Waals surface area contributed by atoms with Crippen molar-refractivity contribution in [3.63, 3.8) is 0 Å². The Morgan fingerprint density at radius 3 is 2.53 bits per heavy atom. The van der Waals surface area contributed by atoms with E-state index in [1.807, 2.05) is 25.1 Å². The van der Waals surface area contributed by atoms with E-state index in [0.717, 1.165) is 36.4 Å². The van der Waals surface area contributed by atoms with Gasteiger partial charge in [-0.2, -0.15) is 0 Å². The molecule has 2 heterocycles. The topological polar surface area (TPSA) is 82.1 Å². The zero-order chi connectivity index (χ0) is 22.0. The van der Waals surface area contributed by atoms with Crippen LogP contribution in [0.15, 0.2) is 18.2 Å². The Hall–Kier alpha value is -2.80. The van der Waals surface area contributed by atoms with Gasteiger partial charge in [-0.15, -0.1) is 0 Å². The molecule has 162 valence electrons. The summed E-state index contributed by atoms with van der Waals surface area (Å²) in [5.41, 5.74) is 3.27. The third kappa shape index (κ3) is 3.81. The fourth-order valence-corrected chi connectivity index (χ4v) is 4.64. The van der Waals surface area contributed by atoms with Gasteiger partial charge in [0.1, 0.15) is 17.5 Å². The number of likely N-dealkylation sites (tertiary alicyclic amines) is 1. The fourth-order valence-electron chi connectivity index (χ4n) is 4.64. The zero-order valence-electron chi connectivity index (χ0n) is 18.5. The Morgan fingerprint density at radius 2 is 1.90 bits per heavy atom. The maximum Gasteiger partial charge on any atom is 0.339 e. The van der Waals surface area contributed by atoms with Crippen LogP contribution in [0, 0.1) is 13.8 Å². The predicted molar refractivity (Wildman–Crippen MR) is 113 cm³/mol. The van der Waals surface area contributed by atoms with E-state index in [-0.39, 0.29) is 17.9 Å². The number of ether oxygens (including phenoxy) is 3. The summed E-state index contributed by atoms with van der Waals surface area (Å²) >= 11 is 0. The lowest BCUT2D eigenvalue weighted by Gasteiger charge is -2.28. The number of ketones is 1. The first-order chi connectivity index (χ1) is 14.3. The average Bonchev–Trinajstić information content (AvgIpc) is 3.36. The molecule has 7 heteroatoms. The van der Waals surface area contributed by atoms with E-state index in [9.17, 15) is 9.59 Å². The Kier molecular flexibility index (Phi) is 6.51. The SMILES string of the molecule is COC(=O)c1c(C)[nH]c(C(=O)[C@@H](C)[NH+]2CCC[C@@H]2c2cc(OC)ccc2OC)c1C. The molecule has 30 heavy (non-hydrogen) atoms. The lowest BCUT2D eigenvalue weighted by molar-refractivity contribution is -0.931. The monoisotopic (exact) mass is 415 g/mol. The number of Topliss-reactive ketones (excluding diaryl/α,β-unsaturated/α-hetero) is 1. The van der Waals surface area contributed by atoms with Gasteiger partial charge in [0, 0.05) is 18.5 Å². The van der Waals surface area contributed by atoms with Gasteiger partial charge in [0.15, 0.2) is 6.04 Å². The smallest absolute Gasteiger partial charge is 0.339 e. The number of carbonyl (C=O) groups is 2. The van der Waals surface area contributed by atoms with E-state index in [1.54, 1.807) is 28.1 Å². The highest BCUT2D eigenvalue weighted by molar-refractivity contribution is 6.03. The average molecular weight is 416 g/mol. The molecule has 1 aliphatic rings. The van der Waals surface area contributed by atoms with Crippen LogP contribution < -0.4 is 14.4 Å². The molecule has 7 nitrogen and oxygen atoms in total. The molecule has 1 saturated heterocycles. The van der Waals surface area contributed by atoms with Crippen LogP contribution in [0.25, 0.3) is 0 Å². The quantitative estimate of drug-likeness (QED) is 0.536. The summed E-state index contributed by atoms with van der Waals surface area (Å²) in [5, 5.41) is 0. The van der Waals surface area contributed by atoms with E-state index in [0.29, 0.717) is 22.5 Å². The highest BCUT2D eigenvalue weighted by atomic mass is 16.5. The van der Waals surface area contributed by atoms with Gasteiger partial charge in [-0.05, 0) is 44.5 Å². The first kappa shape index (κ1) is 21.9. The molecule has 3 atom stereocenters. The van der Waals surface area contributed by atoms with Crippen LogP contribution in [0.5, 0.6) is 11.5 Å². The summed E-state index contributed by atoms with van der Waals surface area (Å²) < 4.78 is 15.9. The van der Waals surface area contributed by atoms with Crippen LogP contribution in [-0.2, 0) is 4.74 Å². The second-order valence-electron chi connectivity index (χ2n) is 7.83. The summed E-state index contributed by atoms with van der Waals surface area (Å²) in [6.45, 7) is 6.42. The minimum absolute atomic E-state index is 0.00508. The molecule has 0 saturated carbocycles. The van der Waals surface area contributed by atoms with Gasteiger partial charge in [-0.25, -0.2) is 4.79 Å². The molecular weight excluding hydrogens is 384 g/mol. The molecule has 2 aromatic rings. The van der Waals surface area contributed by atoms with Crippen molar-refractivity contribution in [3.8, 4) is 11.5 Å². The van der Waals surface area contributed by atoms with E-state index in [2.05, 4.69) is 4.98 Å². The Morgan fingerprint density at radius 1 is 1.17 bits per heavy atom. The second-order valence-corrected chi connectivity index (χ2v) is 7.83. The summed E-state index contributed by atoms with van der Waals surface area (Å²) in [4.78, 5) is 29.8. The van der Waals surface area contributed by atoms with Crippen molar-refractivity contribution >= 4 is 11.8 Å². The molecule has 0 aliphatic carbocycles. The lowest BCUT2D eigenvalue weighted by Crippen LogP contribution is -3.14. The summed E-state index contributed by atoms with van der Waals surface area (Å²) in [5.74, 6) is 1.14. The molecule has 3 rings (SSSR count). The van der Waals surface area contributed by atoms with Gasteiger partial charge < -0.3 is 24.1 Å². The van der Waals surface area contributed by atoms with Crippen molar-refractivity contribution < 1.29 is 28.7 Å². The number of carbonyl (C=O) groups excluding carboxylic acids is 2. The normalized spacial score (nSPS) is 19.4. The molecule has 0 spiro atoms. The Labute approximate surface area is 177 Å². The van der Waals surface area contributed by atoms with Crippen LogP contribution in [0.3, 0.4) is 0 Å². The van der Waals surface area contributed by atoms with E-state index in [1.165, 1.54) is 12.0 Å². The molecule has 1 aromatic heterocycles. The van der Waals surface area contributed by atoms with Crippen molar-refractivity contribution in [1.29, 1.82) is 0 Å². The number of aryl methyl sites for hydroxylation is 1. The maximum absolute atomic E-state index is 13.4. The van der Waals surface area contributed by atoms with Crippen molar-refractivity contribution in [2.75, 3.05) is 27.9 Å². The largest absolute Gasteiger partial charge is 0.497 e. The maximum atomic E-state index is 13.4. The zero-order valence-corrected chi connectivity index (χ0v) is 18.5. The van der Waals surface area contributed by atoms with E-state index in [4.69, 9.17) is 14.2 Å². The predicted octanol–water partition coefficient (Wildman–Crippen LogP) is 2.43. The Bertz CT molecular complexity index is 949. The standard InChI is InChI=1S/C23H30N2O5/c1-13-20(23(27)30-6)14(2)24-21(13)22(26)15(3)25-11-7-8-18(25)17-12-16(28-4)9-10-19(17)29-5/h9-10,12,15,18,24H,7-8,11H2,1-6H3/p+1/t15-,18-/m1/s1. The number of quaternary nitrogens is 1. The number of benzene rings is 1. The molecule has 0 bridgehead atoms. The number of nitrogens with one attached hydrogen (secondary N) is 2. The fraction of sp³-hybridized carbons (Fsp3) is 0.478. The number of H-pyrrole nitrogens is 1. The van der Waals surface area contributed by atoms with Crippen molar-refractivity contribution in [1.82, 2.24) is 4.98 Å². The van der Waals surface area contributed by atoms with E-state index < -0.39 is 5.97 Å². The first-order valence-electron chi connectivity index (χ1n) is 10.2. The van der Waals surface area contributed by atoms with Crippen LogP contribution in [0.4, 0.5) is 0 Å².